The van der Waals surface area contributed by atoms with Gasteiger partial charge < -0.3 is 11.5 Å². The number of carbonyl (C=O) groups is 1. The highest BCUT2D eigenvalue weighted by atomic mass is 35.5. The summed E-state index contributed by atoms with van der Waals surface area (Å²) in [6.07, 6.45) is 6.19. The van der Waals surface area contributed by atoms with E-state index in [1.165, 1.54) is 13.2 Å². The first-order chi connectivity index (χ1) is 13.6. The number of hydrogen-bond donors (Lipinski definition) is 3. The molecule has 0 bridgehead atoms. The second-order valence-electron chi connectivity index (χ2n) is 6.43. The van der Waals surface area contributed by atoms with Crippen LogP contribution in [0.4, 0.5) is 0 Å². The second-order valence-corrected chi connectivity index (χ2v) is 6.87. The molecule has 0 radical (unpaired) electrons. The number of halogens is 1. The van der Waals surface area contributed by atoms with Crippen LogP contribution in [0.25, 0.3) is 11.2 Å². The minimum absolute atomic E-state index is 0.307. The highest BCUT2D eigenvalue weighted by Gasteiger charge is 2.29. The Morgan fingerprint density at radius 1 is 1.18 bits per heavy atom. The summed E-state index contributed by atoms with van der Waals surface area (Å²) in [5.74, 6) is 0.307. The lowest BCUT2D eigenvalue weighted by Gasteiger charge is -2.15. The fourth-order valence-corrected chi connectivity index (χ4v) is 3.18. The van der Waals surface area contributed by atoms with Gasteiger partial charge in [-0.1, -0.05) is 23.7 Å². The number of aldehydes is 1. The van der Waals surface area contributed by atoms with Crippen molar-refractivity contribution in [1.29, 1.82) is 5.41 Å². The molecule has 0 atom stereocenters. The summed E-state index contributed by atoms with van der Waals surface area (Å²) in [4.78, 5) is 15.5. The molecule has 0 saturated heterocycles. The van der Waals surface area contributed by atoms with E-state index >= 15 is 0 Å². The van der Waals surface area contributed by atoms with Gasteiger partial charge in [0.05, 0.1) is 11.9 Å². The maximum atomic E-state index is 11.2. The van der Waals surface area contributed by atoms with E-state index in [4.69, 9.17) is 22.7 Å². The first-order valence-electron chi connectivity index (χ1n) is 8.93. The van der Waals surface area contributed by atoms with Crippen molar-refractivity contribution >= 4 is 34.8 Å². The number of nitrogens with zero attached hydrogens (tertiary/aromatic N) is 2. The molecule has 2 heterocycles. The standard InChI is InChI=1S/C20H17ClN4O.CH5N/c21-15-6-3-13(4-7-15)20(23)18(19(22)12-1-2-12)14-5-8-17-24-9-16(11-26)25(17)10-14;1-2/h3-12,23H,1-2,22H2;2H2,1H3/b19-18-,23-20?;. The van der Waals surface area contributed by atoms with E-state index in [0.717, 1.165) is 36.0 Å². The van der Waals surface area contributed by atoms with Crippen LogP contribution in [-0.2, 0) is 0 Å². The first kappa shape index (κ1) is 19.8. The van der Waals surface area contributed by atoms with Crippen molar-refractivity contribution < 1.29 is 4.79 Å². The Bertz CT molecular complexity index is 1050. The van der Waals surface area contributed by atoms with Crippen LogP contribution < -0.4 is 11.5 Å². The Morgan fingerprint density at radius 2 is 1.82 bits per heavy atom. The monoisotopic (exact) mass is 395 g/mol. The van der Waals surface area contributed by atoms with E-state index in [2.05, 4.69) is 10.7 Å². The number of nitrogens with two attached hydrogens (primary N) is 2. The van der Waals surface area contributed by atoms with Crippen molar-refractivity contribution in [2.75, 3.05) is 7.05 Å². The molecule has 5 N–H and O–H groups in total. The summed E-state index contributed by atoms with van der Waals surface area (Å²) in [7, 11) is 1.50. The fourth-order valence-electron chi connectivity index (χ4n) is 3.05. The summed E-state index contributed by atoms with van der Waals surface area (Å²) in [5, 5.41) is 9.36. The molecule has 1 saturated carbocycles. The highest BCUT2D eigenvalue weighted by Crippen LogP contribution is 2.38. The van der Waals surface area contributed by atoms with Gasteiger partial charge in [0.1, 0.15) is 11.3 Å². The normalized spacial score (nSPS) is 14.1. The van der Waals surface area contributed by atoms with Gasteiger partial charge in [-0.3, -0.25) is 14.6 Å². The molecule has 1 aromatic carbocycles. The Labute approximate surface area is 168 Å². The van der Waals surface area contributed by atoms with Crippen LogP contribution in [0.2, 0.25) is 5.02 Å². The second kappa shape index (κ2) is 8.37. The number of carbonyl (C=O) groups excluding carboxylic acids is 1. The molecule has 3 aromatic rings. The average Bonchev–Trinajstić information content (AvgIpc) is 3.50. The van der Waals surface area contributed by atoms with Gasteiger partial charge in [-0.05, 0) is 50.1 Å². The zero-order chi connectivity index (χ0) is 20.3. The molecule has 28 heavy (non-hydrogen) atoms. The molecular weight excluding hydrogens is 374 g/mol. The van der Waals surface area contributed by atoms with Crippen LogP contribution in [0.3, 0.4) is 0 Å². The smallest absolute Gasteiger partial charge is 0.168 e. The van der Waals surface area contributed by atoms with Crippen molar-refractivity contribution in [2.45, 2.75) is 12.8 Å². The SMILES string of the molecule is CN.N=C(/C(=C(\N)C1CC1)c1ccc2ncc(C=O)n2c1)c1ccc(Cl)cc1. The van der Waals surface area contributed by atoms with Crippen LogP contribution >= 0.6 is 11.6 Å². The van der Waals surface area contributed by atoms with Crippen molar-refractivity contribution in [1.82, 2.24) is 9.38 Å². The molecule has 0 amide bonds. The van der Waals surface area contributed by atoms with Gasteiger partial charge in [0.15, 0.2) is 6.29 Å². The van der Waals surface area contributed by atoms with Gasteiger partial charge in [-0.15, -0.1) is 0 Å². The van der Waals surface area contributed by atoms with Crippen LogP contribution in [0.15, 0.2) is 54.5 Å². The molecule has 0 aliphatic heterocycles. The maximum Gasteiger partial charge on any atom is 0.168 e. The minimum atomic E-state index is 0.307. The molecule has 4 rings (SSSR count). The van der Waals surface area contributed by atoms with Gasteiger partial charge >= 0.3 is 0 Å². The molecule has 144 valence electrons. The molecular formula is C21H22ClN5O. The van der Waals surface area contributed by atoms with Crippen LogP contribution in [0.1, 0.15) is 34.5 Å². The number of imidazole rings is 1. The molecule has 6 nitrogen and oxygen atoms in total. The molecule has 1 aliphatic rings. The maximum absolute atomic E-state index is 11.2. The molecule has 1 aliphatic carbocycles. The number of nitrogens with one attached hydrogen (secondary N) is 1. The zero-order valence-corrected chi connectivity index (χ0v) is 16.3. The van der Waals surface area contributed by atoms with E-state index in [0.29, 0.717) is 33.6 Å². The largest absolute Gasteiger partial charge is 0.401 e. The summed E-state index contributed by atoms with van der Waals surface area (Å²) in [5.41, 5.74) is 15.4. The summed E-state index contributed by atoms with van der Waals surface area (Å²) in [6, 6.07) is 10.9. The van der Waals surface area contributed by atoms with E-state index in [-0.39, 0.29) is 0 Å². The van der Waals surface area contributed by atoms with Crippen LogP contribution in [-0.4, -0.2) is 28.4 Å². The number of hydrogen-bond acceptors (Lipinski definition) is 5. The number of fused-ring (bicyclic) bond motifs is 1. The lowest BCUT2D eigenvalue weighted by atomic mass is 9.94. The molecule has 1 fully saturated rings. The first-order valence-corrected chi connectivity index (χ1v) is 9.31. The van der Waals surface area contributed by atoms with Crippen molar-refractivity contribution in [3.63, 3.8) is 0 Å². The van der Waals surface area contributed by atoms with E-state index in [1.54, 1.807) is 16.5 Å². The Balaban J connectivity index is 0.00000109. The summed E-state index contributed by atoms with van der Waals surface area (Å²) in [6.45, 7) is 0. The zero-order valence-electron chi connectivity index (χ0n) is 15.5. The predicted molar refractivity (Wildman–Crippen MR) is 113 cm³/mol. The Hall–Kier alpha value is -2.96. The number of pyridine rings is 1. The minimum Gasteiger partial charge on any atom is -0.401 e. The summed E-state index contributed by atoms with van der Waals surface area (Å²) < 4.78 is 1.72. The van der Waals surface area contributed by atoms with E-state index in [9.17, 15) is 4.79 Å². The quantitative estimate of drug-likeness (QED) is 0.453. The van der Waals surface area contributed by atoms with Gasteiger partial charge in [0.25, 0.3) is 0 Å². The number of benzene rings is 1. The van der Waals surface area contributed by atoms with Gasteiger partial charge in [-0.25, -0.2) is 4.98 Å². The lowest BCUT2D eigenvalue weighted by Crippen LogP contribution is -2.13. The molecule has 0 unspecified atom stereocenters. The van der Waals surface area contributed by atoms with Gasteiger partial charge in [0, 0.05) is 33.6 Å². The number of rotatable bonds is 5. The van der Waals surface area contributed by atoms with Crippen LogP contribution in [0.5, 0.6) is 0 Å². The number of aromatic nitrogens is 2. The fraction of sp³-hybridized carbons (Fsp3) is 0.190. The molecule has 0 spiro atoms. The average molecular weight is 396 g/mol. The Morgan fingerprint density at radius 3 is 2.43 bits per heavy atom. The highest BCUT2D eigenvalue weighted by molar-refractivity contribution is 6.32. The third-order valence-corrected chi connectivity index (χ3v) is 4.88. The predicted octanol–water partition coefficient (Wildman–Crippen LogP) is 3.52. The third-order valence-electron chi connectivity index (χ3n) is 4.63. The van der Waals surface area contributed by atoms with Crippen molar-refractivity contribution in [3.8, 4) is 0 Å². The van der Waals surface area contributed by atoms with Crippen molar-refractivity contribution in [3.05, 3.63) is 76.3 Å². The molecule has 7 heteroatoms. The van der Waals surface area contributed by atoms with Gasteiger partial charge in [-0.2, -0.15) is 0 Å². The summed E-state index contributed by atoms with van der Waals surface area (Å²) >= 11 is 5.97. The van der Waals surface area contributed by atoms with E-state index < -0.39 is 0 Å². The van der Waals surface area contributed by atoms with Crippen molar-refractivity contribution in [2.24, 2.45) is 17.4 Å². The number of allylic oxidation sites excluding steroid dienone is 2. The van der Waals surface area contributed by atoms with Crippen LogP contribution in [0, 0.1) is 11.3 Å². The van der Waals surface area contributed by atoms with Gasteiger partial charge in [0.2, 0.25) is 0 Å². The third kappa shape index (κ3) is 3.83. The Kier molecular flexibility index (Phi) is 5.92. The topological polar surface area (TPSA) is 110 Å². The lowest BCUT2D eigenvalue weighted by molar-refractivity contribution is 0.111. The van der Waals surface area contributed by atoms with E-state index in [1.807, 2.05) is 30.5 Å². The molecule has 2 aromatic heterocycles.